The van der Waals surface area contributed by atoms with Gasteiger partial charge in [-0.2, -0.15) is 0 Å². The Kier molecular flexibility index (Phi) is 6.53. The third kappa shape index (κ3) is 5.00. The summed E-state index contributed by atoms with van der Waals surface area (Å²) in [6.07, 6.45) is -0.444. The number of benzene rings is 1. The molecule has 0 unspecified atom stereocenters. The summed E-state index contributed by atoms with van der Waals surface area (Å²) >= 11 is 0. The molecule has 0 saturated carbocycles. The molecule has 4 nitrogen and oxygen atoms in total. The van der Waals surface area contributed by atoms with Crippen LogP contribution in [0.15, 0.2) is 24.3 Å². The Balaban J connectivity index is 0.00000225. The van der Waals surface area contributed by atoms with E-state index in [1.54, 1.807) is 12.1 Å². The van der Waals surface area contributed by atoms with Gasteiger partial charge in [0, 0.05) is 12.6 Å². The van der Waals surface area contributed by atoms with Crippen LogP contribution in [0.25, 0.3) is 0 Å². The highest BCUT2D eigenvalue weighted by Gasteiger charge is 2.02. The highest BCUT2D eigenvalue weighted by molar-refractivity contribution is 5.69. The molecule has 0 atom stereocenters. The number of hydrogen-bond donors (Lipinski definition) is 2. The van der Waals surface area contributed by atoms with Gasteiger partial charge < -0.3 is 27.4 Å². The first-order chi connectivity index (χ1) is 7.11. The smallest absolute Gasteiger partial charge is 0.412 e. The SMILES string of the molecule is CNC(=O)Oc1ccc(C[NH+](C)C)cc1.[Cl-]. The zero-order valence-electron chi connectivity index (χ0n) is 9.71. The number of rotatable bonds is 3. The van der Waals surface area contributed by atoms with Crippen molar-refractivity contribution >= 4 is 6.09 Å². The van der Waals surface area contributed by atoms with Crippen molar-refractivity contribution in [2.75, 3.05) is 21.1 Å². The largest absolute Gasteiger partial charge is 1.00 e. The van der Waals surface area contributed by atoms with Crippen LogP contribution in [0, 0.1) is 0 Å². The minimum absolute atomic E-state index is 0. The van der Waals surface area contributed by atoms with Crippen LogP contribution in [-0.2, 0) is 6.54 Å². The standard InChI is InChI=1S/C11H16N2O2.ClH/c1-12-11(14)15-10-6-4-9(5-7-10)8-13(2)3;/h4-7H,8H2,1-3H3,(H,12,14);1H. The van der Waals surface area contributed by atoms with E-state index in [0.717, 1.165) is 6.54 Å². The van der Waals surface area contributed by atoms with Crippen LogP contribution in [0.3, 0.4) is 0 Å². The minimum atomic E-state index is -0.444. The molecule has 0 heterocycles. The molecule has 0 fully saturated rings. The molecule has 0 saturated heterocycles. The van der Waals surface area contributed by atoms with E-state index in [1.165, 1.54) is 17.5 Å². The number of ether oxygens (including phenoxy) is 1. The Labute approximate surface area is 102 Å². The molecule has 1 rings (SSSR count). The van der Waals surface area contributed by atoms with Crippen LogP contribution in [0.1, 0.15) is 5.56 Å². The van der Waals surface area contributed by atoms with Crippen LogP contribution >= 0.6 is 0 Å². The zero-order chi connectivity index (χ0) is 11.3. The Hall–Kier alpha value is -1.26. The van der Waals surface area contributed by atoms with Crippen molar-refractivity contribution in [3.05, 3.63) is 29.8 Å². The summed E-state index contributed by atoms with van der Waals surface area (Å²) < 4.78 is 4.97. The molecule has 0 radical (unpaired) electrons. The second kappa shape index (κ2) is 7.09. The average molecular weight is 245 g/mol. The number of amides is 1. The van der Waals surface area contributed by atoms with Gasteiger partial charge in [-0.1, -0.05) is 0 Å². The summed E-state index contributed by atoms with van der Waals surface area (Å²) in [6.45, 7) is 0.959. The fraction of sp³-hybridized carbons (Fsp3) is 0.364. The van der Waals surface area contributed by atoms with E-state index in [4.69, 9.17) is 4.74 Å². The van der Waals surface area contributed by atoms with Crippen molar-refractivity contribution in [1.29, 1.82) is 0 Å². The molecular weight excluding hydrogens is 228 g/mol. The quantitative estimate of drug-likeness (QED) is 0.597. The van der Waals surface area contributed by atoms with Crippen LogP contribution < -0.4 is 27.4 Å². The van der Waals surface area contributed by atoms with E-state index in [2.05, 4.69) is 19.4 Å². The molecule has 2 N–H and O–H groups in total. The lowest BCUT2D eigenvalue weighted by Crippen LogP contribution is -3.04. The first kappa shape index (κ1) is 14.7. The van der Waals surface area contributed by atoms with E-state index >= 15 is 0 Å². The van der Waals surface area contributed by atoms with Crippen molar-refractivity contribution in [3.8, 4) is 5.75 Å². The van der Waals surface area contributed by atoms with E-state index in [1.807, 2.05) is 12.1 Å². The highest BCUT2D eigenvalue weighted by Crippen LogP contribution is 2.11. The van der Waals surface area contributed by atoms with Gasteiger partial charge >= 0.3 is 6.09 Å². The predicted octanol–water partition coefficient (Wildman–Crippen LogP) is -2.95. The second-order valence-corrected chi connectivity index (χ2v) is 3.67. The zero-order valence-corrected chi connectivity index (χ0v) is 10.5. The van der Waals surface area contributed by atoms with Crippen molar-refractivity contribution in [2.45, 2.75) is 6.54 Å². The number of carbonyl (C=O) groups excluding carboxylic acids is 1. The van der Waals surface area contributed by atoms with E-state index in [9.17, 15) is 4.79 Å². The first-order valence-electron chi connectivity index (χ1n) is 4.89. The van der Waals surface area contributed by atoms with Crippen molar-refractivity contribution in [3.63, 3.8) is 0 Å². The Morgan fingerprint density at radius 2 is 1.88 bits per heavy atom. The van der Waals surface area contributed by atoms with Gasteiger partial charge in [0.15, 0.2) is 0 Å². The topological polar surface area (TPSA) is 42.8 Å². The predicted molar refractivity (Wildman–Crippen MR) is 58.0 cm³/mol. The fourth-order valence-corrected chi connectivity index (χ4v) is 1.24. The Morgan fingerprint density at radius 1 is 1.31 bits per heavy atom. The lowest BCUT2D eigenvalue weighted by atomic mass is 10.2. The van der Waals surface area contributed by atoms with Gasteiger partial charge in [-0.3, -0.25) is 0 Å². The van der Waals surface area contributed by atoms with Crippen molar-refractivity contribution in [2.24, 2.45) is 0 Å². The number of carbonyl (C=O) groups is 1. The normalized spacial score (nSPS) is 9.50. The maximum atomic E-state index is 10.9. The summed E-state index contributed by atoms with van der Waals surface area (Å²) in [5.74, 6) is 0.562. The maximum absolute atomic E-state index is 10.9. The van der Waals surface area contributed by atoms with E-state index < -0.39 is 6.09 Å². The molecule has 1 amide bonds. The molecule has 0 aliphatic rings. The van der Waals surface area contributed by atoms with Crippen LogP contribution in [0.5, 0.6) is 5.75 Å². The fourth-order valence-electron chi connectivity index (χ4n) is 1.24. The number of quaternary nitrogens is 1. The Bertz CT molecular complexity index is 325. The number of hydrogen-bond acceptors (Lipinski definition) is 2. The van der Waals surface area contributed by atoms with E-state index in [-0.39, 0.29) is 12.4 Å². The molecule has 90 valence electrons. The molecule has 0 aliphatic heterocycles. The molecule has 5 heteroatoms. The van der Waals surface area contributed by atoms with E-state index in [0.29, 0.717) is 5.75 Å². The van der Waals surface area contributed by atoms with Gasteiger partial charge in [-0.25, -0.2) is 4.79 Å². The summed E-state index contributed by atoms with van der Waals surface area (Å²) in [5.41, 5.74) is 1.22. The highest BCUT2D eigenvalue weighted by atomic mass is 35.5. The molecule has 0 aromatic heterocycles. The summed E-state index contributed by atoms with van der Waals surface area (Å²) in [4.78, 5) is 12.3. The van der Waals surface area contributed by atoms with Gasteiger partial charge in [0.2, 0.25) is 0 Å². The molecule has 1 aromatic carbocycles. The molecule has 1 aromatic rings. The first-order valence-corrected chi connectivity index (χ1v) is 4.89. The summed E-state index contributed by atoms with van der Waals surface area (Å²) in [5, 5.41) is 2.40. The lowest BCUT2D eigenvalue weighted by Gasteiger charge is -2.08. The summed E-state index contributed by atoms with van der Waals surface area (Å²) in [6, 6.07) is 7.53. The Morgan fingerprint density at radius 3 is 2.31 bits per heavy atom. The minimum Gasteiger partial charge on any atom is -1.00 e. The molecule has 0 aliphatic carbocycles. The average Bonchev–Trinajstić information content (AvgIpc) is 2.20. The van der Waals surface area contributed by atoms with Gasteiger partial charge in [0.1, 0.15) is 12.3 Å². The van der Waals surface area contributed by atoms with Crippen LogP contribution in [0.4, 0.5) is 4.79 Å². The van der Waals surface area contributed by atoms with Gasteiger partial charge in [0.05, 0.1) is 14.1 Å². The molecule has 0 spiro atoms. The monoisotopic (exact) mass is 244 g/mol. The van der Waals surface area contributed by atoms with Crippen molar-refractivity contribution in [1.82, 2.24) is 5.32 Å². The maximum Gasteiger partial charge on any atom is 0.412 e. The molecular formula is C11H17ClN2O2. The lowest BCUT2D eigenvalue weighted by molar-refractivity contribution is -0.872. The number of halogens is 1. The third-order valence-electron chi connectivity index (χ3n) is 1.90. The summed E-state index contributed by atoms with van der Waals surface area (Å²) in [7, 11) is 5.72. The molecule has 0 bridgehead atoms. The van der Waals surface area contributed by atoms with Crippen molar-refractivity contribution < 1.29 is 26.8 Å². The van der Waals surface area contributed by atoms with Gasteiger partial charge in [-0.05, 0) is 24.3 Å². The van der Waals surface area contributed by atoms with Gasteiger partial charge in [0.25, 0.3) is 0 Å². The molecule has 16 heavy (non-hydrogen) atoms. The second-order valence-electron chi connectivity index (χ2n) is 3.67. The van der Waals surface area contributed by atoms with Crippen LogP contribution in [0.2, 0.25) is 0 Å². The van der Waals surface area contributed by atoms with Gasteiger partial charge in [-0.15, -0.1) is 0 Å². The third-order valence-corrected chi connectivity index (χ3v) is 1.90. The number of nitrogens with one attached hydrogen (secondary N) is 2. The van der Waals surface area contributed by atoms with Crippen LogP contribution in [-0.4, -0.2) is 27.2 Å².